The number of likely N-dealkylation sites (tertiary alicyclic amines) is 1. The Kier molecular flexibility index (Phi) is 5.43. The highest BCUT2D eigenvalue weighted by Crippen LogP contribution is 2.26. The maximum absolute atomic E-state index is 12.7. The molecule has 2 aliphatic rings. The summed E-state index contributed by atoms with van der Waals surface area (Å²) in [4.78, 5) is 27.6. The first-order valence-corrected chi connectivity index (χ1v) is 8.86. The summed E-state index contributed by atoms with van der Waals surface area (Å²) in [6.07, 6.45) is 5.93. The van der Waals surface area contributed by atoms with Gasteiger partial charge in [-0.3, -0.25) is 25.4 Å². The lowest BCUT2D eigenvalue weighted by Crippen LogP contribution is -2.65. The fraction of sp³-hybridized carbons (Fsp3) is 0.444. The number of amides is 1. The van der Waals surface area contributed by atoms with E-state index in [1.165, 1.54) is 0 Å². The van der Waals surface area contributed by atoms with Crippen LogP contribution in [-0.2, 0) is 4.79 Å². The third-order valence-corrected chi connectivity index (χ3v) is 4.72. The molecule has 2 aliphatic heterocycles. The number of guanidine groups is 1. The largest absolute Gasteiger partial charge is 0.370 e. The molecule has 0 spiro atoms. The average Bonchev–Trinajstić information content (AvgIpc) is 2.92. The van der Waals surface area contributed by atoms with Crippen LogP contribution >= 0.6 is 0 Å². The Balaban J connectivity index is 1.99. The molecule has 0 saturated carbocycles. The van der Waals surface area contributed by atoms with Crippen LogP contribution in [0.1, 0.15) is 31.2 Å². The van der Waals surface area contributed by atoms with Crippen LogP contribution < -0.4 is 17.2 Å². The number of hydrogen-bond donors (Lipinski definition) is 3. The van der Waals surface area contributed by atoms with Crippen LogP contribution in [0.4, 0.5) is 0 Å². The van der Waals surface area contributed by atoms with Gasteiger partial charge >= 0.3 is 0 Å². The molecule has 2 heterocycles. The summed E-state index contributed by atoms with van der Waals surface area (Å²) in [7, 11) is 0. The summed E-state index contributed by atoms with van der Waals surface area (Å²) in [5.41, 5.74) is 18.9. The van der Waals surface area contributed by atoms with Gasteiger partial charge < -0.3 is 11.5 Å². The van der Waals surface area contributed by atoms with Gasteiger partial charge in [-0.25, -0.2) is 0 Å². The van der Waals surface area contributed by atoms with Gasteiger partial charge in [0.2, 0.25) is 0 Å². The van der Waals surface area contributed by atoms with Crippen LogP contribution in [0.3, 0.4) is 0 Å². The molecule has 26 heavy (non-hydrogen) atoms. The minimum absolute atomic E-state index is 0.306. The molecule has 138 valence electrons. The van der Waals surface area contributed by atoms with E-state index < -0.39 is 17.7 Å². The SMILES string of the molecule is NC(N)=NC(=O)C1N=C(c2ccccc2)C=NC1(N)N1CCCCCC1. The van der Waals surface area contributed by atoms with Gasteiger partial charge in [0.1, 0.15) is 0 Å². The van der Waals surface area contributed by atoms with Gasteiger partial charge in [-0.15, -0.1) is 0 Å². The van der Waals surface area contributed by atoms with Crippen molar-refractivity contribution in [2.45, 2.75) is 37.5 Å². The quantitative estimate of drug-likeness (QED) is 0.526. The second kappa shape index (κ2) is 7.76. The van der Waals surface area contributed by atoms with Gasteiger partial charge in [0.25, 0.3) is 5.91 Å². The number of rotatable bonds is 3. The standard InChI is InChI=1S/C18H25N7O/c19-17(20)24-16(26)15-18(21,25-10-6-1-2-7-11-25)22-12-14(23-15)13-8-4-3-5-9-13/h3-5,8-9,12,15H,1-2,6-7,10-11,21H2,(H4,19,20,24,26). The molecule has 1 aromatic rings. The number of benzene rings is 1. The average molecular weight is 355 g/mol. The summed E-state index contributed by atoms with van der Waals surface area (Å²) in [6, 6.07) is 8.53. The molecule has 0 bridgehead atoms. The molecule has 0 aliphatic carbocycles. The normalized spacial score (nSPS) is 26.7. The van der Waals surface area contributed by atoms with Gasteiger partial charge in [0.15, 0.2) is 17.8 Å². The van der Waals surface area contributed by atoms with Crippen LogP contribution in [0, 0.1) is 0 Å². The zero-order valence-corrected chi connectivity index (χ0v) is 14.7. The molecular formula is C18H25N7O. The number of hydrogen-bond acceptors (Lipinski definition) is 5. The molecule has 1 amide bonds. The number of nitrogens with zero attached hydrogens (tertiary/aromatic N) is 4. The van der Waals surface area contributed by atoms with Gasteiger partial charge in [-0.05, 0) is 12.8 Å². The monoisotopic (exact) mass is 355 g/mol. The van der Waals surface area contributed by atoms with Crippen LogP contribution in [0.2, 0.25) is 0 Å². The Labute approximate surface area is 152 Å². The molecule has 1 fully saturated rings. The Morgan fingerprint density at radius 1 is 1.12 bits per heavy atom. The molecule has 0 radical (unpaired) electrons. The molecule has 3 rings (SSSR count). The zero-order valence-electron chi connectivity index (χ0n) is 14.7. The summed E-state index contributed by atoms with van der Waals surface area (Å²) < 4.78 is 0. The molecular weight excluding hydrogens is 330 g/mol. The fourth-order valence-electron chi connectivity index (χ4n) is 3.37. The van der Waals surface area contributed by atoms with E-state index in [1.54, 1.807) is 6.21 Å². The van der Waals surface area contributed by atoms with Crippen molar-refractivity contribution in [2.24, 2.45) is 32.2 Å². The first kappa shape index (κ1) is 18.2. The Hall–Kier alpha value is -2.58. The molecule has 6 N–H and O–H groups in total. The summed E-state index contributed by atoms with van der Waals surface area (Å²) in [5, 5.41) is 0. The molecule has 1 saturated heterocycles. The second-order valence-electron chi connectivity index (χ2n) is 6.60. The fourth-order valence-corrected chi connectivity index (χ4v) is 3.37. The molecule has 1 aromatic carbocycles. The van der Waals surface area contributed by atoms with Crippen LogP contribution in [-0.4, -0.2) is 53.6 Å². The Morgan fingerprint density at radius 2 is 1.77 bits per heavy atom. The first-order chi connectivity index (χ1) is 12.5. The first-order valence-electron chi connectivity index (χ1n) is 8.86. The van der Waals surface area contributed by atoms with E-state index in [2.05, 4.69) is 15.0 Å². The summed E-state index contributed by atoms with van der Waals surface area (Å²) in [6.45, 7) is 1.52. The lowest BCUT2D eigenvalue weighted by Gasteiger charge is -2.41. The smallest absolute Gasteiger partial charge is 0.279 e. The topological polar surface area (TPSA) is 135 Å². The van der Waals surface area contributed by atoms with E-state index in [0.29, 0.717) is 5.71 Å². The second-order valence-corrected chi connectivity index (χ2v) is 6.60. The van der Waals surface area contributed by atoms with E-state index in [9.17, 15) is 4.79 Å². The maximum Gasteiger partial charge on any atom is 0.279 e. The van der Waals surface area contributed by atoms with Gasteiger partial charge in [-0.1, -0.05) is 43.2 Å². The minimum Gasteiger partial charge on any atom is -0.370 e. The van der Waals surface area contributed by atoms with E-state index in [1.807, 2.05) is 35.2 Å². The summed E-state index contributed by atoms with van der Waals surface area (Å²) in [5.74, 6) is -2.17. The summed E-state index contributed by atoms with van der Waals surface area (Å²) >= 11 is 0. The van der Waals surface area contributed by atoms with Crippen LogP contribution in [0.15, 0.2) is 45.3 Å². The number of aliphatic imine (C=N–C) groups is 3. The molecule has 2 unspecified atom stereocenters. The molecule has 8 heteroatoms. The van der Waals surface area contributed by atoms with E-state index in [4.69, 9.17) is 17.2 Å². The molecule has 2 atom stereocenters. The van der Waals surface area contributed by atoms with Crippen molar-refractivity contribution < 1.29 is 4.79 Å². The van der Waals surface area contributed by atoms with Crippen molar-refractivity contribution >= 4 is 23.8 Å². The third-order valence-electron chi connectivity index (χ3n) is 4.72. The number of carbonyl (C=O) groups is 1. The highest BCUT2D eigenvalue weighted by molar-refractivity contribution is 6.39. The Morgan fingerprint density at radius 3 is 2.38 bits per heavy atom. The lowest BCUT2D eigenvalue weighted by atomic mass is 10.0. The van der Waals surface area contributed by atoms with E-state index in [-0.39, 0.29) is 5.96 Å². The highest BCUT2D eigenvalue weighted by Gasteiger charge is 2.46. The Bertz CT molecular complexity index is 731. The number of nitrogens with two attached hydrogens (primary N) is 3. The van der Waals surface area contributed by atoms with Crippen LogP contribution in [0.5, 0.6) is 0 Å². The van der Waals surface area contributed by atoms with E-state index in [0.717, 1.165) is 44.3 Å². The predicted octanol–water partition coefficient (Wildman–Crippen LogP) is 0.217. The zero-order chi connectivity index (χ0) is 18.6. The van der Waals surface area contributed by atoms with Crippen molar-refractivity contribution in [3.8, 4) is 0 Å². The van der Waals surface area contributed by atoms with Crippen molar-refractivity contribution in [1.29, 1.82) is 0 Å². The highest BCUT2D eigenvalue weighted by atomic mass is 16.2. The predicted molar refractivity (Wildman–Crippen MR) is 103 cm³/mol. The van der Waals surface area contributed by atoms with Crippen molar-refractivity contribution in [3.05, 3.63) is 35.9 Å². The minimum atomic E-state index is -1.28. The third kappa shape index (κ3) is 3.81. The maximum atomic E-state index is 12.7. The van der Waals surface area contributed by atoms with E-state index >= 15 is 0 Å². The van der Waals surface area contributed by atoms with Crippen LogP contribution in [0.25, 0.3) is 0 Å². The van der Waals surface area contributed by atoms with Crippen molar-refractivity contribution in [3.63, 3.8) is 0 Å². The van der Waals surface area contributed by atoms with Crippen molar-refractivity contribution in [2.75, 3.05) is 13.1 Å². The molecule has 0 aromatic heterocycles. The van der Waals surface area contributed by atoms with Gasteiger partial charge in [-0.2, -0.15) is 4.99 Å². The molecule has 8 nitrogen and oxygen atoms in total. The van der Waals surface area contributed by atoms with Gasteiger partial charge in [0.05, 0.1) is 11.9 Å². The van der Waals surface area contributed by atoms with Gasteiger partial charge in [0, 0.05) is 18.7 Å². The lowest BCUT2D eigenvalue weighted by molar-refractivity contribution is -0.122. The van der Waals surface area contributed by atoms with Crippen molar-refractivity contribution in [1.82, 2.24) is 4.90 Å². The number of carbonyl (C=O) groups excluding carboxylic acids is 1.